The maximum atomic E-state index is 5.58. The molecule has 0 radical (unpaired) electrons. The first-order chi connectivity index (χ1) is 7.26. The minimum Gasteiger partial charge on any atom is -0.487 e. The van der Waals surface area contributed by atoms with Crippen molar-refractivity contribution in [1.82, 2.24) is 10.3 Å². The van der Waals surface area contributed by atoms with Crippen LogP contribution in [-0.4, -0.2) is 31.9 Å². The Bertz CT molecular complexity index is 274. The van der Waals surface area contributed by atoms with Crippen molar-refractivity contribution in [3.8, 4) is 5.75 Å². The van der Waals surface area contributed by atoms with Gasteiger partial charge in [0.05, 0.1) is 18.5 Å². The van der Waals surface area contributed by atoms with E-state index in [-0.39, 0.29) is 6.10 Å². The molecule has 0 saturated heterocycles. The summed E-state index contributed by atoms with van der Waals surface area (Å²) in [7, 11) is 3.56. The number of methoxy groups -OCH3 is 1. The first-order valence-electron chi connectivity index (χ1n) is 5.01. The highest BCUT2D eigenvalue weighted by Gasteiger charge is 2.03. The molecule has 0 aliphatic carbocycles. The normalized spacial score (nSPS) is 12.5. The zero-order valence-corrected chi connectivity index (χ0v) is 9.49. The Hall–Kier alpha value is -1.13. The highest BCUT2D eigenvalue weighted by Crippen LogP contribution is 2.11. The van der Waals surface area contributed by atoms with Gasteiger partial charge in [-0.2, -0.15) is 0 Å². The molecule has 1 aromatic heterocycles. The molecule has 0 aliphatic heterocycles. The number of hydrogen-bond donors (Lipinski definition) is 1. The molecule has 1 unspecified atom stereocenters. The van der Waals surface area contributed by atoms with Gasteiger partial charge >= 0.3 is 0 Å². The summed E-state index contributed by atoms with van der Waals surface area (Å²) >= 11 is 0. The first kappa shape index (κ1) is 11.9. The van der Waals surface area contributed by atoms with Gasteiger partial charge in [0.2, 0.25) is 0 Å². The number of ether oxygens (including phenoxy) is 2. The SMILES string of the molecule is CNCc1ccc(OC(C)COC)cn1. The van der Waals surface area contributed by atoms with Crippen molar-refractivity contribution in [3.63, 3.8) is 0 Å². The molecule has 4 heteroatoms. The molecule has 0 amide bonds. The van der Waals surface area contributed by atoms with Crippen molar-refractivity contribution in [2.45, 2.75) is 19.6 Å². The summed E-state index contributed by atoms with van der Waals surface area (Å²) in [4.78, 5) is 4.25. The second-order valence-electron chi connectivity index (χ2n) is 3.40. The van der Waals surface area contributed by atoms with E-state index in [0.29, 0.717) is 6.61 Å². The van der Waals surface area contributed by atoms with Gasteiger partial charge in [-0.25, -0.2) is 0 Å². The average molecular weight is 210 g/mol. The van der Waals surface area contributed by atoms with Crippen LogP contribution < -0.4 is 10.1 Å². The molecule has 1 rings (SSSR count). The predicted octanol–water partition coefficient (Wildman–Crippen LogP) is 1.21. The van der Waals surface area contributed by atoms with Crippen molar-refractivity contribution < 1.29 is 9.47 Å². The minimum absolute atomic E-state index is 0.0481. The number of rotatable bonds is 6. The Labute approximate surface area is 90.6 Å². The Morgan fingerprint density at radius 1 is 1.47 bits per heavy atom. The molecule has 84 valence electrons. The van der Waals surface area contributed by atoms with Gasteiger partial charge in [-0.3, -0.25) is 4.98 Å². The first-order valence-corrected chi connectivity index (χ1v) is 5.01. The van der Waals surface area contributed by atoms with Crippen molar-refractivity contribution in [3.05, 3.63) is 24.0 Å². The van der Waals surface area contributed by atoms with Gasteiger partial charge in [0.25, 0.3) is 0 Å². The van der Waals surface area contributed by atoms with E-state index in [1.165, 1.54) is 0 Å². The fourth-order valence-electron chi connectivity index (χ4n) is 1.27. The second-order valence-corrected chi connectivity index (χ2v) is 3.40. The molecule has 0 aromatic carbocycles. The third kappa shape index (κ3) is 4.27. The van der Waals surface area contributed by atoms with Gasteiger partial charge in [-0.05, 0) is 26.1 Å². The van der Waals surface area contributed by atoms with Gasteiger partial charge in [0.15, 0.2) is 0 Å². The van der Waals surface area contributed by atoms with Crippen molar-refractivity contribution >= 4 is 0 Å². The van der Waals surface area contributed by atoms with E-state index in [9.17, 15) is 0 Å². The van der Waals surface area contributed by atoms with Crippen LogP contribution in [0.3, 0.4) is 0 Å². The molecule has 0 aliphatic rings. The molecule has 15 heavy (non-hydrogen) atoms. The van der Waals surface area contributed by atoms with Crippen LogP contribution >= 0.6 is 0 Å². The molecule has 1 N–H and O–H groups in total. The number of pyridine rings is 1. The lowest BCUT2D eigenvalue weighted by Crippen LogP contribution is -2.18. The van der Waals surface area contributed by atoms with Crippen molar-refractivity contribution in [2.24, 2.45) is 0 Å². The lowest BCUT2D eigenvalue weighted by Gasteiger charge is -2.13. The van der Waals surface area contributed by atoms with Crippen LogP contribution in [0.2, 0.25) is 0 Å². The molecule has 1 aromatic rings. The highest BCUT2D eigenvalue weighted by atomic mass is 16.5. The topological polar surface area (TPSA) is 43.4 Å². The van der Waals surface area contributed by atoms with E-state index in [0.717, 1.165) is 18.0 Å². The lowest BCUT2D eigenvalue weighted by atomic mass is 10.3. The molecule has 4 nitrogen and oxygen atoms in total. The summed E-state index contributed by atoms with van der Waals surface area (Å²) in [6, 6.07) is 3.87. The highest BCUT2D eigenvalue weighted by molar-refractivity contribution is 5.20. The number of aromatic nitrogens is 1. The van der Waals surface area contributed by atoms with E-state index < -0.39 is 0 Å². The number of nitrogens with zero attached hydrogens (tertiary/aromatic N) is 1. The molecule has 0 bridgehead atoms. The Balaban J connectivity index is 2.48. The summed E-state index contributed by atoms with van der Waals surface area (Å²) < 4.78 is 10.6. The predicted molar refractivity (Wildman–Crippen MR) is 59.0 cm³/mol. The third-order valence-corrected chi connectivity index (χ3v) is 1.89. The molecular formula is C11H18N2O2. The zero-order valence-electron chi connectivity index (χ0n) is 9.49. The fourth-order valence-corrected chi connectivity index (χ4v) is 1.27. The lowest BCUT2D eigenvalue weighted by molar-refractivity contribution is 0.0918. The van der Waals surface area contributed by atoms with E-state index in [1.54, 1.807) is 13.3 Å². The molecule has 0 fully saturated rings. The standard InChI is InChI=1S/C11H18N2O2/c1-9(8-14-3)15-11-5-4-10(6-12-2)13-7-11/h4-5,7,9,12H,6,8H2,1-3H3. The van der Waals surface area contributed by atoms with Crippen LogP contribution in [-0.2, 0) is 11.3 Å². The summed E-state index contributed by atoms with van der Waals surface area (Å²) in [5.74, 6) is 0.777. The van der Waals surface area contributed by atoms with Gasteiger partial charge < -0.3 is 14.8 Å². The van der Waals surface area contributed by atoms with Crippen LogP contribution in [0.5, 0.6) is 5.75 Å². The summed E-state index contributed by atoms with van der Waals surface area (Å²) in [6.07, 6.45) is 1.78. The summed E-state index contributed by atoms with van der Waals surface area (Å²) in [6.45, 7) is 3.32. The summed E-state index contributed by atoms with van der Waals surface area (Å²) in [5, 5.41) is 3.04. The second kappa shape index (κ2) is 6.37. The Morgan fingerprint density at radius 3 is 2.80 bits per heavy atom. The molecule has 0 spiro atoms. The quantitative estimate of drug-likeness (QED) is 0.766. The third-order valence-electron chi connectivity index (χ3n) is 1.89. The van der Waals surface area contributed by atoms with Gasteiger partial charge in [-0.1, -0.05) is 0 Å². The van der Waals surface area contributed by atoms with Crippen molar-refractivity contribution in [1.29, 1.82) is 0 Å². The molecule has 1 atom stereocenters. The van der Waals surface area contributed by atoms with Crippen LogP contribution in [0.15, 0.2) is 18.3 Å². The van der Waals surface area contributed by atoms with Gasteiger partial charge in [-0.15, -0.1) is 0 Å². The monoisotopic (exact) mass is 210 g/mol. The van der Waals surface area contributed by atoms with E-state index in [1.807, 2.05) is 26.1 Å². The Morgan fingerprint density at radius 2 is 2.27 bits per heavy atom. The number of nitrogens with one attached hydrogen (secondary N) is 1. The maximum Gasteiger partial charge on any atom is 0.138 e. The molecule has 0 saturated carbocycles. The fraction of sp³-hybridized carbons (Fsp3) is 0.545. The van der Waals surface area contributed by atoms with Gasteiger partial charge in [0, 0.05) is 13.7 Å². The molecular weight excluding hydrogens is 192 g/mol. The van der Waals surface area contributed by atoms with E-state index in [4.69, 9.17) is 9.47 Å². The van der Waals surface area contributed by atoms with Crippen molar-refractivity contribution in [2.75, 3.05) is 20.8 Å². The number of hydrogen-bond acceptors (Lipinski definition) is 4. The molecule has 1 heterocycles. The van der Waals surface area contributed by atoms with Crippen LogP contribution in [0.4, 0.5) is 0 Å². The summed E-state index contributed by atoms with van der Waals surface area (Å²) in [5.41, 5.74) is 1.00. The zero-order chi connectivity index (χ0) is 11.1. The smallest absolute Gasteiger partial charge is 0.138 e. The van der Waals surface area contributed by atoms with Crippen LogP contribution in [0, 0.1) is 0 Å². The average Bonchev–Trinajstić information content (AvgIpc) is 2.22. The Kier molecular flexibility index (Phi) is 5.07. The van der Waals surface area contributed by atoms with E-state index >= 15 is 0 Å². The van der Waals surface area contributed by atoms with Crippen LogP contribution in [0.25, 0.3) is 0 Å². The van der Waals surface area contributed by atoms with Gasteiger partial charge in [0.1, 0.15) is 11.9 Å². The maximum absolute atomic E-state index is 5.58. The van der Waals surface area contributed by atoms with E-state index in [2.05, 4.69) is 10.3 Å². The minimum atomic E-state index is 0.0481. The largest absolute Gasteiger partial charge is 0.487 e. The van der Waals surface area contributed by atoms with Crippen LogP contribution in [0.1, 0.15) is 12.6 Å².